The third-order valence-corrected chi connectivity index (χ3v) is 3.41. The first-order chi connectivity index (χ1) is 9.65. The maximum Gasteiger partial charge on any atom is 0.254 e. The number of pyridine rings is 1. The zero-order chi connectivity index (χ0) is 14.1. The van der Waals surface area contributed by atoms with E-state index in [1.54, 1.807) is 17.0 Å². The average Bonchev–Trinajstić information content (AvgIpc) is 2.81. The fourth-order valence-corrected chi connectivity index (χ4v) is 2.39. The van der Waals surface area contributed by atoms with E-state index < -0.39 is 0 Å². The number of nitrogens with zero attached hydrogens (tertiary/aromatic N) is 3. The van der Waals surface area contributed by atoms with Gasteiger partial charge in [0.2, 0.25) is 0 Å². The van der Waals surface area contributed by atoms with Gasteiger partial charge in [-0.3, -0.25) is 4.79 Å². The van der Waals surface area contributed by atoms with Crippen LogP contribution in [0.5, 0.6) is 5.75 Å². The average molecular weight is 269 g/mol. The fraction of sp³-hybridized carbons (Fsp3) is 0.200. The number of rotatable bonds is 3. The molecule has 0 aliphatic carbocycles. The number of imidazole rings is 1. The van der Waals surface area contributed by atoms with Crippen LogP contribution in [0.4, 0.5) is 0 Å². The number of aromatic hydroxyl groups is 1. The Morgan fingerprint density at radius 1 is 1.20 bits per heavy atom. The Balaban J connectivity index is 1.89. The van der Waals surface area contributed by atoms with Gasteiger partial charge in [0.25, 0.3) is 5.56 Å². The minimum absolute atomic E-state index is 0.0110. The van der Waals surface area contributed by atoms with Gasteiger partial charge in [-0.15, -0.1) is 0 Å². The molecule has 0 spiro atoms. The highest BCUT2D eigenvalue weighted by Crippen LogP contribution is 2.12. The van der Waals surface area contributed by atoms with E-state index in [2.05, 4.69) is 4.98 Å². The van der Waals surface area contributed by atoms with Gasteiger partial charge < -0.3 is 14.2 Å². The van der Waals surface area contributed by atoms with Gasteiger partial charge in [-0.25, -0.2) is 4.98 Å². The number of para-hydroxylation sites is 2. The van der Waals surface area contributed by atoms with Gasteiger partial charge in [0.1, 0.15) is 5.75 Å². The molecule has 0 atom stereocenters. The molecule has 20 heavy (non-hydrogen) atoms. The smallest absolute Gasteiger partial charge is 0.254 e. The number of benzene rings is 1. The van der Waals surface area contributed by atoms with Crippen molar-refractivity contribution in [1.29, 1.82) is 0 Å². The van der Waals surface area contributed by atoms with Crippen LogP contribution in [0.1, 0.15) is 5.69 Å². The monoisotopic (exact) mass is 269 g/mol. The highest BCUT2D eigenvalue weighted by atomic mass is 16.3. The van der Waals surface area contributed by atoms with Crippen molar-refractivity contribution in [2.24, 2.45) is 0 Å². The quantitative estimate of drug-likeness (QED) is 0.790. The molecule has 5 nitrogen and oxygen atoms in total. The zero-order valence-corrected chi connectivity index (χ0v) is 11.2. The van der Waals surface area contributed by atoms with Gasteiger partial charge >= 0.3 is 0 Å². The van der Waals surface area contributed by atoms with Crippen LogP contribution in [0.25, 0.3) is 11.0 Å². The first-order valence-electron chi connectivity index (χ1n) is 6.45. The van der Waals surface area contributed by atoms with Crippen molar-refractivity contribution in [3.05, 3.63) is 58.8 Å². The van der Waals surface area contributed by atoms with Crippen LogP contribution < -0.4 is 5.56 Å². The molecule has 2 aromatic heterocycles. The molecule has 0 amide bonds. The highest BCUT2D eigenvalue weighted by molar-refractivity contribution is 5.74. The second kappa shape index (κ2) is 4.85. The van der Waals surface area contributed by atoms with Gasteiger partial charge in [-0.1, -0.05) is 12.1 Å². The lowest BCUT2D eigenvalue weighted by atomic mass is 10.3. The molecule has 0 aliphatic heterocycles. The molecular formula is C15H15N3O2. The molecule has 102 valence electrons. The van der Waals surface area contributed by atoms with Crippen LogP contribution in [-0.2, 0) is 13.1 Å². The summed E-state index contributed by atoms with van der Waals surface area (Å²) >= 11 is 0. The summed E-state index contributed by atoms with van der Waals surface area (Å²) in [7, 11) is 0. The van der Waals surface area contributed by atoms with Gasteiger partial charge in [0.05, 0.1) is 17.4 Å². The Morgan fingerprint density at radius 3 is 2.80 bits per heavy atom. The zero-order valence-electron chi connectivity index (χ0n) is 11.2. The van der Waals surface area contributed by atoms with Crippen molar-refractivity contribution >= 4 is 11.0 Å². The van der Waals surface area contributed by atoms with E-state index in [4.69, 9.17) is 0 Å². The van der Waals surface area contributed by atoms with E-state index in [9.17, 15) is 9.90 Å². The van der Waals surface area contributed by atoms with E-state index in [1.165, 1.54) is 6.07 Å². The molecule has 0 bridgehead atoms. The normalized spacial score (nSPS) is 11.1. The van der Waals surface area contributed by atoms with E-state index in [1.807, 2.05) is 35.8 Å². The molecule has 0 radical (unpaired) electrons. The largest absolute Gasteiger partial charge is 0.508 e. The Morgan fingerprint density at radius 2 is 2.00 bits per heavy atom. The summed E-state index contributed by atoms with van der Waals surface area (Å²) in [4.78, 5) is 16.2. The molecule has 0 saturated carbocycles. The maximum atomic E-state index is 11.9. The summed E-state index contributed by atoms with van der Waals surface area (Å²) < 4.78 is 3.67. The standard InChI is InChI=1S/C15H15N3O2/c1-11-8-12(19)9-15(20)18(11)7-6-17-10-16-13-4-2-3-5-14(13)17/h2-5,8-10,19H,6-7H2,1H3. The summed E-state index contributed by atoms with van der Waals surface area (Å²) in [6.45, 7) is 3.02. The Kier molecular flexibility index (Phi) is 3.02. The molecule has 0 fully saturated rings. The first kappa shape index (κ1) is 12.5. The van der Waals surface area contributed by atoms with Crippen molar-refractivity contribution in [3.63, 3.8) is 0 Å². The second-order valence-corrected chi connectivity index (χ2v) is 4.77. The Bertz CT molecular complexity index is 817. The third-order valence-electron chi connectivity index (χ3n) is 3.41. The second-order valence-electron chi connectivity index (χ2n) is 4.77. The van der Waals surface area contributed by atoms with Crippen LogP contribution >= 0.6 is 0 Å². The van der Waals surface area contributed by atoms with Crippen molar-refractivity contribution < 1.29 is 5.11 Å². The van der Waals surface area contributed by atoms with E-state index in [-0.39, 0.29) is 11.3 Å². The molecule has 3 aromatic rings. The lowest BCUT2D eigenvalue weighted by Gasteiger charge is -2.11. The molecule has 1 aromatic carbocycles. The van der Waals surface area contributed by atoms with Crippen LogP contribution in [0, 0.1) is 6.92 Å². The van der Waals surface area contributed by atoms with Gasteiger partial charge in [0, 0.05) is 24.8 Å². The predicted molar refractivity (Wildman–Crippen MR) is 76.8 cm³/mol. The summed E-state index contributed by atoms with van der Waals surface area (Å²) in [5, 5.41) is 9.38. The van der Waals surface area contributed by atoms with Crippen LogP contribution in [0.3, 0.4) is 0 Å². The number of fused-ring (bicyclic) bond motifs is 1. The summed E-state index contributed by atoms with van der Waals surface area (Å²) in [6, 6.07) is 10.7. The van der Waals surface area contributed by atoms with Crippen molar-refractivity contribution in [2.75, 3.05) is 0 Å². The number of aryl methyl sites for hydroxylation is 2. The molecule has 0 aliphatic rings. The number of aromatic nitrogens is 3. The van der Waals surface area contributed by atoms with Crippen LogP contribution in [0.2, 0.25) is 0 Å². The molecule has 2 heterocycles. The van der Waals surface area contributed by atoms with Crippen molar-refractivity contribution in [3.8, 4) is 5.75 Å². The molecular weight excluding hydrogens is 254 g/mol. The summed E-state index contributed by atoms with van der Waals surface area (Å²) in [6.07, 6.45) is 1.78. The van der Waals surface area contributed by atoms with Crippen LogP contribution in [0.15, 0.2) is 47.5 Å². The highest BCUT2D eigenvalue weighted by Gasteiger charge is 2.05. The lowest BCUT2D eigenvalue weighted by molar-refractivity contribution is 0.467. The minimum Gasteiger partial charge on any atom is -0.508 e. The molecule has 0 saturated heterocycles. The van der Waals surface area contributed by atoms with Crippen molar-refractivity contribution in [1.82, 2.24) is 14.1 Å². The van der Waals surface area contributed by atoms with Gasteiger partial charge in [0.15, 0.2) is 0 Å². The number of hydrogen-bond donors (Lipinski definition) is 1. The van der Waals surface area contributed by atoms with E-state index >= 15 is 0 Å². The van der Waals surface area contributed by atoms with Gasteiger partial charge in [-0.2, -0.15) is 0 Å². The topological polar surface area (TPSA) is 60.0 Å². The molecule has 5 heteroatoms. The minimum atomic E-state index is -0.188. The maximum absolute atomic E-state index is 11.9. The van der Waals surface area contributed by atoms with Crippen molar-refractivity contribution in [2.45, 2.75) is 20.0 Å². The van der Waals surface area contributed by atoms with Gasteiger partial charge in [-0.05, 0) is 25.1 Å². The lowest BCUT2D eigenvalue weighted by Crippen LogP contribution is -2.23. The third kappa shape index (κ3) is 2.18. The summed E-state index contributed by atoms with van der Waals surface area (Å²) in [5.41, 5.74) is 2.56. The molecule has 1 N–H and O–H groups in total. The summed E-state index contributed by atoms with van der Waals surface area (Å²) in [5.74, 6) is 0.0110. The van der Waals surface area contributed by atoms with E-state index in [0.29, 0.717) is 13.1 Å². The Hall–Kier alpha value is -2.56. The fourth-order valence-electron chi connectivity index (χ4n) is 2.39. The van der Waals surface area contributed by atoms with E-state index in [0.717, 1.165) is 16.7 Å². The number of hydrogen-bond acceptors (Lipinski definition) is 3. The first-order valence-corrected chi connectivity index (χ1v) is 6.45. The molecule has 0 unspecified atom stereocenters. The van der Waals surface area contributed by atoms with Crippen LogP contribution in [-0.4, -0.2) is 19.2 Å². The molecule has 3 rings (SSSR count). The Labute approximate surface area is 115 Å². The predicted octanol–water partition coefficient (Wildman–Crippen LogP) is 1.91. The SMILES string of the molecule is Cc1cc(O)cc(=O)n1CCn1cnc2ccccc21.